The van der Waals surface area contributed by atoms with E-state index in [1.165, 1.54) is 0 Å². The van der Waals surface area contributed by atoms with Crippen LogP contribution in [0.25, 0.3) is 72.1 Å². The second kappa shape index (κ2) is 8.57. The summed E-state index contributed by atoms with van der Waals surface area (Å²) in [5, 5.41) is 4.43. The van der Waals surface area contributed by atoms with Crippen molar-refractivity contribution >= 4 is 38.2 Å². The standard InChI is InChI=1S/C34H21N5/c1-2-10-25-24(9-1)26(28-18-15-23-14-13-22-8-7-20-36-31(22)32(23)37-28)16-17-27(25)34-33(29-11-3-5-19-35-29)38-30-12-4-6-21-39(30)34/h1-21H. The van der Waals surface area contributed by atoms with Gasteiger partial charge in [0.15, 0.2) is 0 Å². The molecule has 39 heavy (non-hydrogen) atoms. The van der Waals surface area contributed by atoms with Gasteiger partial charge < -0.3 is 0 Å². The van der Waals surface area contributed by atoms with E-state index in [0.29, 0.717) is 0 Å². The fraction of sp³-hybridized carbons (Fsp3) is 0. The Hall–Kier alpha value is -5.42. The van der Waals surface area contributed by atoms with Gasteiger partial charge >= 0.3 is 0 Å². The highest BCUT2D eigenvalue weighted by Crippen LogP contribution is 2.39. The van der Waals surface area contributed by atoms with Crippen LogP contribution in [0, 0.1) is 0 Å². The minimum atomic E-state index is 0.847. The lowest BCUT2D eigenvalue weighted by atomic mass is 9.94. The second-order valence-electron chi connectivity index (χ2n) is 9.57. The molecular weight excluding hydrogens is 478 g/mol. The summed E-state index contributed by atoms with van der Waals surface area (Å²) in [6, 6.07) is 37.4. The lowest BCUT2D eigenvalue weighted by Gasteiger charge is -2.13. The van der Waals surface area contributed by atoms with E-state index in [4.69, 9.17) is 9.97 Å². The third-order valence-electron chi connectivity index (χ3n) is 7.32. The molecule has 0 aliphatic carbocycles. The van der Waals surface area contributed by atoms with Crippen LogP contribution in [0.5, 0.6) is 0 Å². The van der Waals surface area contributed by atoms with Crippen LogP contribution < -0.4 is 0 Å². The first-order valence-corrected chi connectivity index (χ1v) is 12.9. The van der Waals surface area contributed by atoms with E-state index in [1.54, 1.807) is 0 Å². The first-order valence-electron chi connectivity index (χ1n) is 12.9. The lowest BCUT2D eigenvalue weighted by Crippen LogP contribution is -1.94. The molecule has 5 heterocycles. The number of hydrogen-bond donors (Lipinski definition) is 0. The van der Waals surface area contributed by atoms with Gasteiger partial charge in [0, 0.05) is 40.5 Å². The highest BCUT2D eigenvalue weighted by atomic mass is 15.0. The Morgan fingerprint density at radius 2 is 1.23 bits per heavy atom. The summed E-state index contributed by atoms with van der Waals surface area (Å²) in [7, 11) is 0. The summed E-state index contributed by atoms with van der Waals surface area (Å²) in [5.74, 6) is 0. The molecule has 0 aliphatic heterocycles. The van der Waals surface area contributed by atoms with Crippen LogP contribution >= 0.6 is 0 Å². The van der Waals surface area contributed by atoms with Crippen molar-refractivity contribution in [2.24, 2.45) is 0 Å². The maximum Gasteiger partial charge on any atom is 0.138 e. The molecular formula is C34H21N5. The van der Waals surface area contributed by atoms with E-state index in [1.807, 2.05) is 54.9 Å². The first-order chi connectivity index (χ1) is 19.3. The van der Waals surface area contributed by atoms with Gasteiger partial charge in [-0.1, -0.05) is 72.8 Å². The fourth-order valence-electron chi connectivity index (χ4n) is 5.54. The van der Waals surface area contributed by atoms with Gasteiger partial charge in [-0.2, -0.15) is 0 Å². The number of aromatic nitrogens is 5. The lowest BCUT2D eigenvalue weighted by molar-refractivity contribution is 1.19. The molecule has 0 atom stereocenters. The normalized spacial score (nSPS) is 11.6. The second-order valence-corrected chi connectivity index (χ2v) is 9.57. The smallest absolute Gasteiger partial charge is 0.138 e. The average Bonchev–Trinajstić information content (AvgIpc) is 3.40. The van der Waals surface area contributed by atoms with Gasteiger partial charge in [-0.25, -0.2) is 9.97 Å². The zero-order valence-electron chi connectivity index (χ0n) is 20.9. The van der Waals surface area contributed by atoms with E-state index < -0.39 is 0 Å². The molecule has 0 fully saturated rings. The highest BCUT2D eigenvalue weighted by Gasteiger charge is 2.20. The summed E-state index contributed by atoms with van der Waals surface area (Å²) in [4.78, 5) is 19.4. The van der Waals surface area contributed by atoms with Crippen molar-refractivity contribution < 1.29 is 0 Å². The number of fused-ring (bicyclic) bond motifs is 5. The third-order valence-corrected chi connectivity index (χ3v) is 7.32. The number of pyridine rings is 4. The molecule has 5 aromatic heterocycles. The van der Waals surface area contributed by atoms with Gasteiger partial charge in [-0.3, -0.25) is 14.4 Å². The van der Waals surface area contributed by atoms with Crippen LogP contribution in [0.3, 0.4) is 0 Å². The van der Waals surface area contributed by atoms with Gasteiger partial charge in [0.05, 0.1) is 28.1 Å². The van der Waals surface area contributed by atoms with Gasteiger partial charge in [0.2, 0.25) is 0 Å². The number of hydrogen-bond acceptors (Lipinski definition) is 4. The number of nitrogens with zero attached hydrogens (tertiary/aromatic N) is 5. The van der Waals surface area contributed by atoms with Crippen LogP contribution in [0.1, 0.15) is 0 Å². The summed E-state index contributed by atoms with van der Waals surface area (Å²) in [6.45, 7) is 0. The molecule has 0 N–H and O–H groups in total. The minimum Gasteiger partial charge on any atom is -0.299 e. The summed E-state index contributed by atoms with van der Waals surface area (Å²) >= 11 is 0. The summed E-state index contributed by atoms with van der Waals surface area (Å²) in [5.41, 5.74) is 8.55. The number of imidazole rings is 1. The van der Waals surface area contributed by atoms with Crippen LogP contribution in [-0.4, -0.2) is 24.3 Å². The monoisotopic (exact) mass is 499 g/mol. The minimum absolute atomic E-state index is 0.847. The summed E-state index contributed by atoms with van der Waals surface area (Å²) in [6.07, 6.45) is 5.71. The molecule has 8 rings (SSSR count). The predicted molar refractivity (Wildman–Crippen MR) is 157 cm³/mol. The summed E-state index contributed by atoms with van der Waals surface area (Å²) < 4.78 is 2.15. The van der Waals surface area contributed by atoms with Gasteiger partial charge in [0.1, 0.15) is 11.3 Å². The molecule has 0 saturated heterocycles. The Morgan fingerprint density at radius 1 is 0.487 bits per heavy atom. The molecule has 0 radical (unpaired) electrons. The molecule has 5 heteroatoms. The number of benzene rings is 3. The molecule has 0 saturated carbocycles. The molecule has 182 valence electrons. The number of rotatable bonds is 3. The van der Waals surface area contributed by atoms with E-state index in [-0.39, 0.29) is 0 Å². The zero-order chi connectivity index (χ0) is 25.8. The van der Waals surface area contributed by atoms with Gasteiger partial charge in [-0.15, -0.1) is 0 Å². The van der Waals surface area contributed by atoms with Crippen LogP contribution in [0.2, 0.25) is 0 Å². The Balaban J connectivity index is 1.40. The average molecular weight is 500 g/mol. The van der Waals surface area contributed by atoms with Gasteiger partial charge in [0.25, 0.3) is 0 Å². The molecule has 0 aliphatic rings. The van der Waals surface area contributed by atoms with Crippen LogP contribution in [0.4, 0.5) is 0 Å². The molecule has 0 amide bonds. The van der Waals surface area contributed by atoms with E-state index in [0.717, 1.165) is 72.1 Å². The van der Waals surface area contributed by atoms with E-state index >= 15 is 0 Å². The molecule has 0 unspecified atom stereocenters. The molecule has 0 spiro atoms. The Bertz CT molecular complexity index is 2180. The first kappa shape index (κ1) is 21.6. The maximum atomic E-state index is 5.14. The van der Waals surface area contributed by atoms with Crippen molar-refractivity contribution in [1.29, 1.82) is 0 Å². The van der Waals surface area contributed by atoms with Crippen molar-refractivity contribution in [3.63, 3.8) is 0 Å². The molecule has 8 aromatic rings. The fourth-order valence-corrected chi connectivity index (χ4v) is 5.54. The molecule has 5 nitrogen and oxygen atoms in total. The van der Waals surface area contributed by atoms with Crippen LogP contribution in [-0.2, 0) is 0 Å². The third kappa shape index (κ3) is 3.41. The zero-order valence-corrected chi connectivity index (χ0v) is 20.9. The maximum absolute atomic E-state index is 5.14. The van der Waals surface area contributed by atoms with Gasteiger partial charge in [-0.05, 0) is 47.2 Å². The Labute approximate surface area is 224 Å². The van der Waals surface area contributed by atoms with Crippen molar-refractivity contribution in [1.82, 2.24) is 24.3 Å². The van der Waals surface area contributed by atoms with E-state index in [2.05, 4.69) is 87.3 Å². The van der Waals surface area contributed by atoms with Crippen molar-refractivity contribution in [2.45, 2.75) is 0 Å². The Kier molecular flexibility index (Phi) is 4.76. The quantitative estimate of drug-likeness (QED) is 0.231. The largest absolute Gasteiger partial charge is 0.299 e. The highest BCUT2D eigenvalue weighted by molar-refractivity contribution is 6.08. The Morgan fingerprint density at radius 3 is 2.10 bits per heavy atom. The molecule has 3 aromatic carbocycles. The van der Waals surface area contributed by atoms with Crippen molar-refractivity contribution in [3.05, 3.63) is 128 Å². The van der Waals surface area contributed by atoms with Crippen molar-refractivity contribution in [3.8, 4) is 33.9 Å². The molecule has 0 bridgehead atoms. The van der Waals surface area contributed by atoms with Crippen LogP contribution in [0.15, 0.2) is 128 Å². The predicted octanol–water partition coefficient (Wildman–Crippen LogP) is 7.98. The van der Waals surface area contributed by atoms with E-state index in [9.17, 15) is 0 Å². The SMILES string of the molecule is c1ccc(-c2nc3ccccn3c2-c2ccc(-c3ccc4ccc5cccnc5c4n3)c3ccccc23)nc1. The topological polar surface area (TPSA) is 56.0 Å². The van der Waals surface area contributed by atoms with Crippen molar-refractivity contribution in [2.75, 3.05) is 0 Å².